The molecule has 0 saturated heterocycles. The van der Waals surface area contributed by atoms with Crippen molar-refractivity contribution in [1.82, 2.24) is 0 Å². The molecule has 18 heavy (non-hydrogen) atoms. The van der Waals surface area contributed by atoms with Crippen molar-refractivity contribution >= 4 is 23.6 Å². The van der Waals surface area contributed by atoms with E-state index in [9.17, 15) is 4.79 Å². The van der Waals surface area contributed by atoms with Crippen molar-refractivity contribution in [2.75, 3.05) is 5.75 Å². The van der Waals surface area contributed by atoms with Crippen LogP contribution in [0.1, 0.15) is 25.0 Å². The number of benzene rings is 1. The molecule has 1 aromatic rings. The second kappa shape index (κ2) is 4.13. The smallest absolute Gasteiger partial charge is 0.176 e. The van der Waals surface area contributed by atoms with Gasteiger partial charge < -0.3 is 0 Å². The zero-order valence-electron chi connectivity index (χ0n) is 10.6. The van der Waals surface area contributed by atoms with Crippen LogP contribution in [0.4, 0.5) is 0 Å². The topological polar surface area (TPSA) is 17.1 Å². The predicted octanol–water partition coefficient (Wildman–Crippen LogP) is 3.81. The maximum Gasteiger partial charge on any atom is 0.176 e. The van der Waals surface area contributed by atoms with Gasteiger partial charge in [0.2, 0.25) is 0 Å². The Morgan fingerprint density at radius 2 is 2.06 bits per heavy atom. The van der Waals surface area contributed by atoms with Crippen LogP contribution < -0.4 is 0 Å². The molecule has 1 aromatic carbocycles. The predicted molar refractivity (Wildman–Crippen MR) is 77.5 cm³/mol. The Labute approximate surface area is 112 Å². The SMILES string of the molecule is CC1=CC(C)C2(SC1)C(=O)C=Cc1ccccc12. The van der Waals surface area contributed by atoms with E-state index in [4.69, 9.17) is 0 Å². The highest BCUT2D eigenvalue weighted by molar-refractivity contribution is 8.01. The molecule has 1 aliphatic heterocycles. The van der Waals surface area contributed by atoms with Gasteiger partial charge in [0, 0.05) is 11.7 Å². The molecule has 0 bridgehead atoms. The highest BCUT2D eigenvalue weighted by Crippen LogP contribution is 2.51. The molecule has 0 N–H and O–H groups in total. The molecule has 0 aromatic heterocycles. The number of carbonyl (C=O) groups excluding carboxylic acids is 1. The van der Waals surface area contributed by atoms with E-state index < -0.39 is 4.75 Å². The number of hydrogen-bond donors (Lipinski definition) is 0. The first-order valence-electron chi connectivity index (χ1n) is 6.28. The van der Waals surface area contributed by atoms with E-state index in [1.54, 1.807) is 17.8 Å². The van der Waals surface area contributed by atoms with Gasteiger partial charge in [0.05, 0.1) is 0 Å². The summed E-state index contributed by atoms with van der Waals surface area (Å²) in [6.07, 6.45) is 5.95. The summed E-state index contributed by atoms with van der Waals surface area (Å²) in [7, 11) is 0. The van der Waals surface area contributed by atoms with E-state index in [1.165, 1.54) is 16.7 Å². The molecule has 0 saturated carbocycles. The summed E-state index contributed by atoms with van der Waals surface area (Å²) in [4.78, 5) is 12.5. The fourth-order valence-electron chi connectivity index (χ4n) is 2.97. The third-order valence-electron chi connectivity index (χ3n) is 3.84. The molecule has 0 radical (unpaired) electrons. The average Bonchev–Trinajstić information content (AvgIpc) is 2.37. The number of allylic oxidation sites excluding steroid dienone is 2. The van der Waals surface area contributed by atoms with E-state index in [2.05, 4.69) is 32.1 Å². The lowest BCUT2D eigenvalue weighted by molar-refractivity contribution is -0.117. The number of rotatable bonds is 0. The molecule has 2 unspecified atom stereocenters. The lowest BCUT2D eigenvalue weighted by Crippen LogP contribution is -2.41. The van der Waals surface area contributed by atoms with E-state index in [0.717, 1.165) is 5.75 Å². The fraction of sp³-hybridized carbons (Fsp3) is 0.312. The molecule has 1 spiro atoms. The van der Waals surface area contributed by atoms with Crippen LogP contribution in [0.15, 0.2) is 42.0 Å². The maximum atomic E-state index is 12.5. The van der Waals surface area contributed by atoms with Crippen LogP contribution in [0, 0.1) is 5.92 Å². The molecule has 92 valence electrons. The maximum absolute atomic E-state index is 12.5. The van der Waals surface area contributed by atoms with Gasteiger partial charge in [0.15, 0.2) is 5.78 Å². The van der Waals surface area contributed by atoms with Crippen LogP contribution in [0.5, 0.6) is 0 Å². The average molecular weight is 256 g/mol. The van der Waals surface area contributed by atoms with Gasteiger partial charge in [0.1, 0.15) is 4.75 Å². The minimum atomic E-state index is -0.398. The van der Waals surface area contributed by atoms with Crippen molar-refractivity contribution in [2.24, 2.45) is 5.92 Å². The van der Waals surface area contributed by atoms with Crippen molar-refractivity contribution in [1.29, 1.82) is 0 Å². The summed E-state index contributed by atoms with van der Waals surface area (Å²) < 4.78 is -0.398. The highest BCUT2D eigenvalue weighted by atomic mass is 32.2. The summed E-state index contributed by atoms with van der Waals surface area (Å²) in [5.41, 5.74) is 3.74. The minimum absolute atomic E-state index is 0.238. The quantitative estimate of drug-likeness (QED) is 0.657. The molecule has 2 aliphatic rings. The van der Waals surface area contributed by atoms with Gasteiger partial charge in [-0.3, -0.25) is 4.79 Å². The first-order valence-corrected chi connectivity index (χ1v) is 7.26. The molecule has 0 fully saturated rings. The molecular weight excluding hydrogens is 240 g/mol. The van der Waals surface area contributed by atoms with E-state index in [0.29, 0.717) is 0 Å². The number of fused-ring (bicyclic) bond motifs is 2. The van der Waals surface area contributed by atoms with Crippen molar-refractivity contribution in [2.45, 2.75) is 18.6 Å². The Kier molecular flexibility index (Phi) is 2.70. The van der Waals surface area contributed by atoms with Crippen molar-refractivity contribution < 1.29 is 4.79 Å². The second-order valence-electron chi connectivity index (χ2n) is 5.11. The summed E-state index contributed by atoms with van der Waals surface area (Å²) in [6, 6.07) is 8.27. The number of thioether (sulfide) groups is 1. The van der Waals surface area contributed by atoms with Gasteiger partial charge in [-0.15, -0.1) is 11.8 Å². The Hall–Kier alpha value is -1.28. The summed E-state index contributed by atoms with van der Waals surface area (Å²) in [6.45, 7) is 4.30. The van der Waals surface area contributed by atoms with Gasteiger partial charge in [-0.1, -0.05) is 48.9 Å². The summed E-state index contributed by atoms with van der Waals surface area (Å²) in [5, 5.41) is 0. The third kappa shape index (κ3) is 1.52. The Balaban J connectivity index is 2.22. The molecule has 1 aliphatic carbocycles. The van der Waals surface area contributed by atoms with Crippen LogP contribution in [-0.2, 0) is 9.54 Å². The molecule has 2 heteroatoms. The van der Waals surface area contributed by atoms with Crippen LogP contribution in [0.2, 0.25) is 0 Å². The van der Waals surface area contributed by atoms with Gasteiger partial charge in [-0.25, -0.2) is 0 Å². The lowest BCUT2D eigenvalue weighted by Gasteiger charge is -2.41. The van der Waals surface area contributed by atoms with E-state index >= 15 is 0 Å². The summed E-state index contributed by atoms with van der Waals surface area (Å²) >= 11 is 1.78. The molecule has 1 heterocycles. The number of hydrogen-bond acceptors (Lipinski definition) is 2. The molecule has 3 rings (SSSR count). The van der Waals surface area contributed by atoms with Crippen molar-refractivity contribution in [3.63, 3.8) is 0 Å². The zero-order valence-corrected chi connectivity index (χ0v) is 11.5. The Morgan fingerprint density at radius 3 is 2.83 bits per heavy atom. The van der Waals surface area contributed by atoms with Crippen molar-refractivity contribution in [3.05, 3.63) is 53.1 Å². The van der Waals surface area contributed by atoms with Crippen LogP contribution >= 0.6 is 11.8 Å². The van der Waals surface area contributed by atoms with Gasteiger partial charge in [-0.2, -0.15) is 0 Å². The van der Waals surface area contributed by atoms with Crippen LogP contribution in [0.25, 0.3) is 6.08 Å². The first-order chi connectivity index (χ1) is 8.64. The zero-order chi connectivity index (χ0) is 12.8. The molecule has 1 nitrogen and oxygen atoms in total. The monoisotopic (exact) mass is 256 g/mol. The first kappa shape index (κ1) is 11.8. The Morgan fingerprint density at radius 1 is 1.28 bits per heavy atom. The standard InChI is InChI=1S/C16H16OS/c1-11-9-12(2)16(18-10-11)14-6-4-3-5-13(14)7-8-15(16)17/h3-9,12H,10H2,1-2H3. The number of ketones is 1. The van der Waals surface area contributed by atoms with E-state index in [-0.39, 0.29) is 11.7 Å². The van der Waals surface area contributed by atoms with E-state index in [1.807, 2.05) is 18.2 Å². The van der Waals surface area contributed by atoms with Gasteiger partial charge in [0.25, 0.3) is 0 Å². The largest absolute Gasteiger partial charge is 0.293 e. The highest BCUT2D eigenvalue weighted by Gasteiger charge is 2.47. The molecule has 0 amide bonds. The minimum Gasteiger partial charge on any atom is -0.293 e. The normalized spacial score (nSPS) is 30.2. The van der Waals surface area contributed by atoms with Crippen LogP contribution in [-0.4, -0.2) is 11.5 Å². The Bertz CT molecular complexity index is 570. The van der Waals surface area contributed by atoms with Gasteiger partial charge >= 0.3 is 0 Å². The lowest BCUT2D eigenvalue weighted by atomic mass is 9.76. The fourth-order valence-corrected chi connectivity index (χ4v) is 4.41. The number of carbonyl (C=O) groups is 1. The molecular formula is C16H16OS. The summed E-state index contributed by atoms with van der Waals surface area (Å²) in [5.74, 6) is 1.43. The van der Waals surface area contributed by atoms with Crippen LogP contribution in [0.3, 0.4) is 0 Å². The second-order valence-corrected chi connectivity index (χ2v) is 6.33. The van der Waals surface area contributed by atoms with Crippen molar-refractivity contribution in [3.8, 4) is 0 Å². The van der Waals surface area contributed by atoms with Gasteiger partial charge in [-0.05, 0) is 24.1 Å². The third-order valence-corrected chi connectivity index (χ3v) is 5.69. The molecule has 2 atom stereocenters.